The highest BCUT2D eigenvalue weighted by Crippen LogP contribution is 2.15. The number of non-ortho nitro benzene ring substituents is 1. The molecule has 0 aromatic heterocycles. The van der Waals surface area contributed by atoms with Crippen LogP contribution in [0, 0.1) is 10.1 Å². The number of benzene rings is 2. The van der Waals surface area contributed by atoms with Crippen LogP contribution in [0.2, 0.25) is 0 Å². The maximum Gasteiger partial charge on any atom is 0.331 e. The van der Waals surface area contributed by atoms with Gasteiger partial charge in [0, 0.05) is 36.9 Å². The van der Waals surface area contributed by atoms with Gasteiger partial charge in [-0.2, -0.15) is 0 Å². The summed E-state index contributed by atoms with van der Waals surface area (Å²) >= 11 is 0. The molecule has 9 heteroatoms. The Labute approximate surface area is 166 Å². The molecule has 2 N–H and O–H groups in total. The van der Waals surface area contributed by atoms with E-state index in [1.54, 1.807) is 30.3 Å². The number of nitrogens with two attached hydrogens (primary N) is 1. The highest BCUT2D eigenvalue weighted by atomic mass is 16.6. The predicted octanol–water partition coefficient (Wildman–Crippen LogP) is 2.06. The van der Waals surface area contributed by atoms with Crippen molar-refractivity contribution >= 4 is 35.2 Å². The fraction of sp³-hybridized carbons (Fsp3) is 0.150. The average Bonchev–Trinajstić information content (AvgIpc) is 2.71. The minimum absolute atomic E-state index is 0.0331. The Morgan fingerprint density at radius 1 is 1.07 bits per heavy atom. The number of nitro groups is 1. The summed E-state index contributed by atoms with van der Waals surface area (Å²) < 4.78 is 4.96. The number of anilines is 1. The van der Waals surface area contributed by atoms with Gasteiger partial charge in [0.2, 0.25) is 5.91 Å². The van der Waals surface area contributed by atoms with E-state index in [0.717, 1.165) is 6.08 Å². The van der Waals surface area contributed by atoms with Crippen LogP contribution >= 0.6 is 0 Å². The fourth-order valence-electron chi connectivity index (χ4n) is 2.36. The van der Waals surface area contributed by atoms with Gasteiger partial charge in [0.25, 0.3) is 11.6 Å². The van der Waals surface area contributed by atoms with E-state index >= 15 is 0 Å². The number of nitro benzene ring substituents is 1. The van der Waals surface area contributed by atoms with Crippen LogP contribution in [0.1, 0.15) is 12.0 Å². The maximum absolute atomic E-state index is 12.4. The van der Waals surface area contributed by atoms with Crippen LogP contribution in [-0.4, -0.2) is 35.9 Å². The van der Waals surface area contributed by atoms with Gasteiger partial charge in [-0.25, -0.2) is 4.79 Å². The summed E-state index contributed by atoms with van der Waals surface area (Å²) in [5.41, 5.74) is 6.20. The molecule has 0 atom stereocenters. The molecule has 2 aromatic rings. The van der Waals surface area contributed by atoms with Crippen molar-refractivity contribution in [3.63, 3.8) is 0 Å². The highest BCUT2D eigenvalue weighted by molar-refractivity contribution is 5.97. The SMILES string of the molecule is NC(=O)CCN(C(=O)COC(=O)/C=C/c1ccc([N+](=O)[O-])cc1)c1ccccc1. The van der Waals surface area contributed by atoms with Crippen LogP contribution in [-0.2, 0) is 19.1 Å². The van der Waals surface area contributed by atoms with Crippen LogP contribution in [0.5, 0.6) is 0 Å². The molecular formula is C20H19N3O6. The van der Waals surface area contributed by atoms with Gasteiger partial charge in [-0.05, 0) is 35.9 Å². The van der Waals surface area contributed by atoms with E-state index in [-0.39, 0.29) is 18.7 Å². The van der Waals surface area contributed by atoms with Crippen molar-refractivity contribution in [2.75, 3.05) is 18.1 Å². The van der Waals surface area contributed by atoms with Gasteiger partial charge in [0.15, 0.2) is 6.61 Å². The molecule has 0 saturated carbocycles. The van der Waals surface area contributed by atoms with E-state index in [4.69, 9.17) is 10.5 Å². The molecule has 150 valence electrons. The smallest absolute Gasteiger partial charge is 0.331 e. The lowest BCUT2D eigenvalue weighted by molar-refractivity contribution is -0.384. The highest BCUT2D eigenvalue weighted by Gasteiger charge is 2.17. The molecule has 9 nitrogen and oxygen atoms in total. The fourth-order valence-corrected chi connectivity index (χ4v) is 2.36. The summed E-state index contributed by atoms with van der Waals surface area (Å²) in [7, 11) is 0. The number of esters is 1. The van der Waals surface area contributed by atoms with Crippen LogP contribution in [0.25, 0.3) is 6.08 Å². The third kappa shape index (κ3) is 6.90. The molecule has 0 aliphatic carbocycles. The first-order chi connectivity index (χ1) is 13.9. The second-order valence-corrected chi connectivity index (χ2v) is 5.89. The molecular weight excluding hydrogens is 378 g/mol. The largest absolute Gasteiger partial charge is 0.452 e. The number of para-hydroxylation sites is 1. The van der Waals surface area contributed by atoms with Crippen molar-refractivity contribution in [1.29, 1.82) is 0 Å². The summed E-state index contributed by atoms with van der Waals surface area (Å²) in [6.07, 6.45) is 2.50. The molecule has 0 bridgehead atoms. The van der Waals surface area contributed by atoms with E-state index in [0.29, 0.717) is 11.3 Å². The molecule has 0 unspecified atom stereocenters. The maximum atomic E-state index is 12.4. The Balaban J connectivity index is 1.94. The summed E-state index contributed by atoms with van der Waals surface area (Å²) in [6.45, 7) is -0.453. The number of carbonyl (C=O) groups is 3. The molecule has 2 aromatic carbocycles. The van der Waals surface area contributed by atoms with E-state index < -0.39 is 29.3 Å². The van der Waals surface area contributed by atoms with Crippen molar-refractivity contribution in [3.8, 4) is 0 Å². The Bertz CT molecular complexity index is 910. The van der Waals surface area contributed by atoms with Crippen molar-refractivity contribution in [2.45, 2.75) is 6.42 Å². The van der Waals surface area contributed by atoms with Crippen LogP contribution in [0.3, 0.4) is 0 Å². The van der Waals surface area contributed by atoms with Gasteiger partial charge in [-0.15, -0.1) is 0 Å². The van der Waals surface area contributed by atoms with Gasteiger partial charge in [0.05, 0.1) is 4.92 Å². The molecule has 0 fully saturated rings. The van der Waals surface area contributed by atoms with Gasteiger partial charge >= 0.3 is 5.97 Å². The molecule has 0 spiro atoms. The first kappa shape index (κ1) is 21.3. The summed E-state index contributed by atoms with van der Waals surface area (Å²) in [5, 5.41) is 10.6. The normalized spacial score (nSPS) is 10.5. The lowest BCUT2D eigenvalue weighted by Gasteiger charge is -2.22. The molecule has 2 amide bonds. The number of amides is 2. The molecule has 0 aliphatic rings. The number of hydrogen-bond acceptors (Lipinski definition) is 6. The Hall–Kier alpha value is -4.01. The zero-order valence-corrected chi connectivity index (χ0v) is 15.4. The molecule has 0 aliphatic heterocycles. The monoisotopic (exact) mass is 397 g/mol. The second-order valence-electron chi connectivity index (χ2n) is 5.89. The first-order valence-electron chi connectivity index (χ1n) is 8.60. The quantitative estimate of drug-likeness (QED) is 0.298. The van der Waals surface area contributed by atoms with Crippen molar-refractivity contribution in [3.05, 3.63) is 76.4 Å². The zero-order valence-electron chi connectivity index (χ0n) is 15.4. The second kappa shape index (κ2) is 10.4. The van der Waals surface area contributed by atoms with E-state index in [9.17, 15) is 24.5 Å². The van der Waals surface area contributed by atoms with Gasteiger partial charge in [-0.1, -0.05) is 18.2 Å². The van der Waals surface area contributed by atoms with Crippen LogP contribution < -0.4 is 10.6 Å². The van der Waals surface area contributed by atoms with E-state index in [1.165, 1.54) is 35.2 Å². The Kier molecular flexibility index (Phi) is 7.60. The number of rotatable bonds is 9. The van der Waals surface area contributed by atoms with Gasteiger partial charge in [-0.3, -0.25) is 19.7 Å². The topological polar surface area (TPSA) is 133 Å². The third-order valence-corrected chi connectivity index (χ3v) is 3.80. The van der Waals surface area contributed by atoms with Crippen LogP contribution in [0.15, 0.2) is 60.7 Å². The Morgan fingerprint density at radius 2 is 1.72 bits per heavy atom. The molecule has 0 heterocycles. The number of ether oxygens (including phenoxy) is 1. The number of nitrogens with zero attached hydrogens (tertiary/aromatic N) is 2. The summed E-state index contributed by atoms with van der Waals surface area (Å²) in [4.78, 5) is 46.8. The van der Waals surface area contributed by atoms with Gasteiger partial charge in [0.1, 0.15) is 0 Å². The predicted molar refractivity (Wildman–Crippen MR) is 106 cm³/mol. The lowest BCUT2D eigenvalue weighted by atomic mass is 10.2. The summed E-state index contributed by atoms with van der Waals surface area (Å²) in [6, 6.07) is 14.2. The van der Waals surface area contributed by atoms with Crippen LogP contribution in [0.4, 0.5) is 11.4 Å². The van der Waals surface area contributed by atoms with Crippen molar-refractivity contribution in [1.82, 2.24) is 0 Å². The average molecular weight is 397 g/mol. The van der Waals surface area contributed by atoms with E-state index in [1.807, 2.05) is 0 Å². The third-order valence-electron chi connectivity index (χ3n) is 3.80. The molecule has 0 saturated heterocycles. The van der Waals surface area contributed by atoms with Crippen molar-refractivity contribution < 1.29 is 24.0 Å². The first-order valence-corrected chi connectivity index (χ1v) is 8.60. The standard InChI is InChI=1S/C20H19N3O6/c21-18(24)12-13-22(16-4-2-1-3-5-16)19(25)14-29-20(26)11-8-15-6-9-17(10-7-15)23(27)28/h1-11H,12-14H2,(H2,21,24)/b11-8+. The molecule has 0 radical (unpaired) electrons. The minimum atomic E-state index is -0.750. The van der Waals surface area contributed by atoms with Crippen molar-refractivity contribution in [2.24, 2.45) is 5.73 Å². The molecule has 29 heavy (non-hydrogen) atoms. The molecule has 2 rings (SSSR count). The Morgan fingerprint density at radius 3 is 2.31 bits per heavy atom. The minimum Gasteiger partial charge on any atom is -0.452 e. The lowest BCUT2D eigenvalue weighted by Crippen LogP contribution is -2.37. The summed E-state index contributed by atoms with van der Waals surface area (Å²) in [5.74, 6) is -1.81. The van der Waals surface area contributed by atoms with E-state index in [2.05, 4.69) is 0 Å². The number of hydrogen-bond donors (Lipinski definition) is 1. The number of carbonyl (C=O) groups excluding carboxylic acids is 3. The van der Waals surface area contributed by atoms with Gasteiger partial charge < -0.3 is 15.4 Å². The zero-order chi connectivity index (χ0) is 21.2. The number of primary amides is 1.